The Kier molecular flexibility index (Phi) is 6.48. The lowest BCUT2D eigenvalue weighted by molar-refractivity contribution is -0.120. The highest BCUT2D eigenvalue weighted by molar-refractivity contribution is 7.11. The SMILES string of the molecule is CCCOc1ccccc1N1C(=O)C(Nc2ccc(OC)c(Cl)c2)=C(c2cccs2)C1=O. The number of thiophene rings is 1. The number of carbonyl (C=O) groups excluding carboxylic acids is 2. The molecule has 0 unspecified atom stereocenters. The summed E-state index contributed by atoms with van der Waals surface area (Å²) in [6.07, 6.45) is 0.806. The Labute approximate surface area is 195 Å². The lowest BCUT2D eigenvalue weighted by Crippen LogP contribution is -2.32. The standard InChI is InChI=1S/C24H21ClN2O4S/c1-3-12-31-19-8-5-4-7-17(19)27-23(28)21(20-9-6-13-32-20)22(24(27)29)26-15-10-11-18(30-2)16(25)14-15/h4-11,13-14,26H,3,12H2,1-2H3. The zero-order valence-electron chi connectivity index (χ0n) is 17.6. The molecule has 0 saturated carbocycles. The lowest BCUT2D eigenvalue weighted by Gasteiger charge is -2.19. The number of amides is 2. The van der Waals surface area contributed by atoms with E-state index < -0.39 is 11.8 Å². The second kappa shape index (κ2) is 9.46. The van der Waals surface area contributed by atoms with E-state index in [0.29, 0.717) is 45.0 Å². The highest BCUT2D eigenvalue weighted by Gasteiger charge is 2.41. The molecule has 6 nitrogen and oxygen atoms in total. The third-order valence-electron chi connectivity index (χ3n) is 4.84. The van der Waals surface area contributed by atoms with Gasteiger partial charge in [-0.1, -0.05) is 36.7 Å². The summed E-state index contributed by atoms with van der Waals surface area (Å²) in [6, 6.07) is 15.8. The molecule has 32 heavy (non-hydrogen) atoms. The van der Waals surface area contributed by atoms with E-state index in [-0.39, 0.29) is 5.70 Å². The molecule has 0 spiro atoms. The monoisotopic (exact) mass is 468 g/mol. The molecule has 0 saturated heterocycles. The van der Waals surface area contributed by atoms with Crippen LogP contribution in [0.2, 0.25) is 5.02 Å². The smallest absolute Gasteiger partial charge is 0.282 e. The van der Waals surface area contributed by atoms with Crippen molar-refractivity contribution in [1.29, 1.82) is 0 Å². The summed E-state index contributed by atoms with van der Waals surface area (Å²) >= 11 is 7.64. The Hall–Kier alpha value is -3.29. The molecule has 4 rings (SSSR count). The fraction of sp³-hybridized carbons (Fsp3) is 0.167. The van der Waals surface area contributed by atoms with Crippen molar-refractivity contribution in [2.24, 2.45) is 0 Å². The average Bonchev–Trinajstić information content (AvgIpc) is 3.39. The highest BCUT2D eigenvalue weighted by Crippen LogP contribution is 2.39. The van der Waals surface area contributed by atoms with E-state index in [9.17, 15) is 9.59 Å². The minimum absolute atomic E-state index is 0.184. The minimum Gasteiger partial charge on any atom is -0.495 e. The summed E-state index contributed by atoms with van der Waals surface area (Å²) in [7, 11) is 1.53. The van der Waals surface area contributed by atoms with Crippen molar-refractivity contribution in [1.82, 2.24) is 0 Å². The number of rotatable bonds is 8. The van der Waals surface area contributed by atoms with Gasteiger partial charge >= 0.3 is 0 Å². The molecule has 0 fully saturated rings. The Morgan fingerprint density at radius 1 is 1.03 bits per heavy atom. The topological polar surface area (TPSA) is 67.9 Å². The van der Waals surface area contributed by atoms with Gasteiger partial charge in [0, 0.05) is 10.6 Å². The van der Waals surface area contributed by atoms with Crippen LogP contribution in [0.25, 0.3) is 5.57 Å². The van der Waals surface area contributed by atoms with Crippen molar-refractivity contribution < 1.29 is 19.1 Å². The van der Waals surface area contributed by atoms with E-state index in [2.05, 4.69) is 5.32 Å². The molecule has 0 bridgehead atoms. The fourth-order valence-corrected chi connectivity index (χ4v) is 4.40. The van der Waals surface area contributed by atoms with Gasteiger partial charge in [0.25, 0.3) is 11.8 Å². The molecule has 0 aliphatic carbocycles. The van der Waals surface area contributed by atoms with E-state index in [1.807, 2.05) is 30.5 Å². The molecule has 1 aromatic heterocycles. The summed E-state index contributed by atoms with van der Waals surface area (Å²) in [5, 5.41) is 5.36. The second-order valence-corrected chi connectivity index (χ2v) is 8.32. The van der Waals surface area contributed by atoms with Gasteiger partial charge in [-0.3, -0.25) is 9.59 Å². The number of anilines is 2. The zero-order chi connectivity index (χ0) is 22.7. The predicted octanol–water partition coefficient (Wildman–Crippen LogP) is 5.60. The number of benzene rings is 2. The van der Waals surface area contributed by atoms with Crippen LogP contribution < -0.4 is 19.7 Å². The molecule has 8 heteroatoms. The molecule has 1 aliphatic rings. The largest absolute Gasteiger partial charge is 0.495 e. The molecule has 1 aliphatic heterocycles. The normalized spacial score (nSPS) is 13.7. The average molecular weight is 469 g/mol. The van der Waals surface area contributed by atoms with Crippen LogP contribution in [0.4, 0.5) is 11.4 Å². The van der Waals surface area contributed by atoms with Crippen molar-refractivity contribution in [2.75, 3.05) is 23.9 Å². The Morgan fingerprint density at radius 3 is 2.53 bits per heavy atom. The molecule has 2 heterocycles. The van der Waals surface area contributed by atoms with E-state index in [0.717, 1.165) is 11.3 Å². The van der Waals surface area contributed by atoms with Crippen molar-refractivity contribution >= 4 is 51.7 Å². The van der Waals surface area contributed by atoms with Crippen LogP contribution in [0, 0.1) is 0 Å². The fourth-order valence-electron chi connectivity index (χ4n) is 3.38. The molecular formula is C24H21ClN2O4S. The van der Waals surface area contributed by atoms with Crippen LogP contribution in [-0.2, 0) is 9.59 Å². The van der Waals surface area contributed by atoms with Crippen LogP contribution in [0.1, 0.15) is 18.2 Å². The van der Waals surface area contributed by atoms with Gasteiger partial charge in [-0.15, -0.1) is 11.3 Å². The number of hydrogen-bond acceptors (Lipinski definition) is 6. The maximum absolute atomic E-state index is 13.5. The number of imide groups is 1. The van der Waals surface area contributed by atoms with Crippen LogP contribution in [0.3, 0.4) is 0 Å². The predicted molar refractivity (Wildman–Crippen MR) is 128 cm³/mol. The van der Waals surface area contributed by atoms with Crippen molar-refractivity contribution in [3.05, 3.63) is 75.6 Å². The van der Waals surface area contributed by atoms with E-state index in [4.69, 9.17) is 21.1 Å². The highest BCUT2D eigenvalue weighted by atomic mass is 35.5. The van der Waals surface area contributed by atoms with Crippen molar-refractivity contribution in [3.63, 3.8) is 0 Å². The second-order valence-electron chi connectivity index (χ2n) is 6.96. The van der Waals surface area contributed by atoms with Crippen LogP contribution >= 0.6 is 22.9 Å². The summed E-state index contributed by atoms with van der Waals surface area (Å²) in [5.41, 5.74) is 1.47. The molecule has 2 amide bonds. The number of methoxy groups -OCH3 is 1. The van der Waals surface area contributed by atoms with E-state index >= 15 is 0 Å². The minimum atomic E-state index is -0.460. The molecule has 0 radical (unpaired) electrons. The first-order chi connectivity index (χ1) is 15.5. The number of hydrogen-bond donors (Lipinski definition) is 1. The third kappa shape index (κ3) is 4.09. The number of halogens is 1. The first kappa shape index (κ1) is 21.9. The van der Waals surface area contributed by atoms with Crippen molar-refractivity contribution in [3.8, 4) is 11.5 Å². The van der Waals surface area contributed by atoms with Crippen LogP contribution in [0.5, 0.6) is 11.5 Å². The quantitative estimate of drug-likeness (QED) is 0.436. The molecule has 1 N–H and O–H groups in total. The van der Waals surface area contributed by atoms with Crippen LogP contribution in [0.15, 0.2) is 65.7 Å². The van der Waals surface area contributed by atoms with Gasteiger partial charge in [-0.25, -0.2) is 4.90 Å². The van der Waals surface area contributed by atoms with Gasteiger partial charge in [0.15, 0.2) is 0 Å². The Bertz CT molecular complexity index is 1190. The Morgan fingerprint density at radius 2 is 1.84 bits per heavy atom. The summed E-state index contributed by atoms with van der Waals surface area (Å²) < 4.78 is 11.0. The Balaban J connectivity index is 1.76. The maximum atomic E-state index is 13.5. The maximum Gasteiger partial charge on any atom is 0.282 e. The summed E-state index contributed by atoms with van der Waals surface area (Å²) in [4.78, 5) is 28.9. The van der Waals surface area contributed by atoms with Crippen molar-refractivity contribution in [2.45, 2.75) is 13.3 Å². The van der Waals surface area contributed by atoms with E-state index in [1.54, 1.807) is 36.4 Å². The molecule has 164 valence electrons. The van der Waals surface area contributed by atoms with Gasteiger partial charge in [-0.2, -0.15) is 0 Å². The first-order valence-electron chi connectivity index (χ1n) is 10.0. The molecule has 2 aromatic carbocycles. The van der Waals surface area contributed by atoms with E-state index in [1.165, 1.54) is 18.4 Å². The molecule has 3 aromatic rings. The van der Waals surface area contributed by atoms with Crippen LogP contribution in [-0.4, -0.2) is 25.5 Å². The molecular weight excluding hydrogens is 448 g/mol. The molecule has 0 atom stereocenters. The number of nitrogens with one attached hydrogen (secondary N) is 1. The van der Waals surface area contributed by atoms with Gasteiger partial charge in [0.1, 0.15) is 17.2 Å². The van der Waals surface area contributed by atoms with Gasteiger partial charge in [-0.05, 0) is 48.2 Å². The first-order valence-corrected chi connectivity index (χ1v) is 11.3. The van der Waals surface area contributed by atoms with Gasteiger partial charge in [0.05, 0.1) is 30.0 Å². The number of carbonyl (C=O) groups is 2. The lowest BCUT2D eigenvalue weighted by atomic mass is 10.2. The number of para-hydroxylation sites is 2. The number of nitrogens with zero attached hydrogens (tertiary/aromatic N) is 1. The van der Waals surface area contributed by atoms with Gasteiger partial charge < -0.3 is 14.8 Å². The van der Waals surface area contributed by atoms with Gasteiger partial charge in [0.2, 0.25) is 0 Å². The number of ether oxygens (including phenoxy) is 2. The summed E-state index contributed by atoms with van der Waals surface area (Å²) in [5.74, 6) is 0.127. The third-order valence-corrected chi connectivity index (χ3v) is 6.02. The summed E-state index contributed by atoms with van der Waals surface area (Å²) in [6.45, 7) is 2.47. The zero-order valence-corrected chi connectivity index (χ0v) is 19.1.